The van der Waals surface area contributed by atoms with Gasteiger partial charge in [0.05, 0.1) is 18.9 Å². The van der Waals surface area contributed by atoms with E-state index in [2.05, 4.69) is 36.1 Å². The van der Waals surface area contributed by atoms with Crippen LogP contribution in [0.5, 0.6) is 5.75 Å². The maximum absolute atomic E-state index is 11.3. The lowest BCUT2D eigenvalue weighted by Gasteiger charge is -2.10. The van der Waals surface area contributed by atoms with Crippen LogP contribution in [0, 0.1) is 0 Å². The second-order valence-corrected chi connectivity index (χ2v) is 8.11. The summed E-state index contributed by atoms with van der Waals surface area (Å²) < 4.78 is 11.0. The van der Waals surface area contributed by atoms with Gasteiger partial charge in [-0.15, -0.1) is 0 Å². The smallest absolute Gasteiger partial charge is 0.335 e. The van der Waals surface area contributed by atoms with Crippen molar-refractivity contribution in [3.05, 3.63) is 102 Å². The summed E-state index contributed by atoms with van der Waals surface area (Å²) in [6.07, 6.45) is 1.47. The molecule has 39 heavy (non-hydrogen) atoms. The van der Waals surface area contributed by atoms with Crippen molar-refractivity contribution in [3.63, 3.8) is 0 Å². The van der Waals surface area contributed by atoms with Gasteiger partial charge in [-0.2, -0.15) is 20.1 Å². The molecule has 5 aromatic rings. The van der Waals surface area contributed by atoms with Crippen molar-refractivity contribution in [1.82, 2.24) is 15.0 Å². The van der Waals surface area contributed by atoms with Crippen molar-refractivity contribution in [2.24, 2.45) is 5.10 Å². The third-order valence-electron chi connectivity index (χ3n) is 5.39. The monoisotopic (exact) mass is 521 g/mol. The number of ether oxygens (including phenoxy) is 1. The minimum Gasteiger partial charge on any atom is -0.497 e. The molecule has 4 N–H and O–H groups in total. The van der Waals surface area contributed by atoms with E-state index in [-0.39, 0.29) is 11.5 Å². The molecule has 0 aliphatic rings. The van der Waals surface area contributed by atoms with Gasteiger partial charge in [0.25, 0.3) is 0 Å². The molecule has 2 heterocycles. The van der Waals surface area contributed by atoms with E-state index < -0.39 is 5.97 Å². The normalized spacial score (nSPS) is 10.8. The van der Waals surface area contributed by atoms with Crippen LogP contribution in [0.15, 0.2) is 101 Å². The quantitative estimate of drug-likeness (QED) is 0.132. The summed E-state index contributed by atoms with van der Waals surface area (Å²) in [5.74, 6) is 1.49. The first-order chi connectivity index (χ1) is 19.1. The fourth-order valence-electron chi connectivity index (χ4n) is 3.53. The number of hydrogen-bond donors (Lipinski definition) is 4. The van der Waals surface area contributed by atoms with Gasteiger partial charge in [0.1, 0.15) is 17.3 Å². The van der Waals surface area contributed by atoms with E-state index in [1.165, 1.54) is 12.3 Å². The van der Waals surface area contributed by atoms with Gasteiger partial charge in [-0.05, 0) is 60.7 Å². The molecule has 0 unspecified atom stereocenters. The number of anilines is 5. The number of nitrogens with one attached hydrogen (secondary N) is 3. The van der Waals surface area contributed by atoms with Crippen molar-refractivity contribution in [2.75, 3.05) is 23.2 Å². The van der Waals surface area contributed by atoms with Gasteiger partial charge < -0.3 is 24.9 Å². The molecule has 2 aromatic heterocycles. The number of carbonyl (C=O) groups is 1. The maximum Gasteiger partial charge on any atom is 0.335 e. The van der Waals surface area contributed by atoms with Gasteiger partial charge in [0.15, 0.2) is 0 Å². The lowest BCUT2D eigenvalue weighted by molar-refractivity contribution is 0.0697. The van der Waals surface area contributed by atoms with E-state index in [0.29, 0.717) is 29.0 Å². The van der Waals surface area contributed by atoms with Crippen molar-refractivity contribution < 1.29 is 19.1 Å². The standard InChI is InChI=1S/C28H23N7O4/c1-38-22-12-10-21(11-13-22)31-27-32-26(30-20-8-3-2-4-9-20)33-28(34-27)35-29-17-23-14-15-24(39-23)18-6-5-7-19(16-18)25(36)37/h2-17H,1H3,(H,36,37)(H3,30,31,32,33,34,35). The third kappa shape index (κ3) is 6.54. The molecule has 11 heteroatoms. The number of nitrogens with zero attached hydrogens (tertiary/aromatic N) is 4. The zero-order valence-corrected chi connectivity index (χ0v) is 20.7. The van der Waals surface area contributed by atoms with Crippen LogP contribution in [0.25, 0.3) is 11.3 Å². The van der Waals surface area contributed by atoms with Gasteiger partial charge in [0.2, 0.25) is 17.8 Å². The van der Waals surface area contributed by atoms with Crippen LogP contribution in [0.4, 0.5) is 29.2 Å². The van der Waals surface area contributed by atoms with Crippen molar-refractivity contribution >= 4 is 41.4 Å². The Bertz CT molecular complexity index is 1600. The minimum atomic E-state index is -1.01. The maximum atomic E-state index is 11.3. The molecule has 0 saturated heterocycles. The molecule has 11 nitrogen and oxygen atoms in total. The van der Waals surface area contributed by atoms with Crippen LogP contribution in [0.3, 0.4) is 0 Å². The number of para-hydroxylation sites is 1. The highest BCUT2D eigenvalue weighted by Crippen LogP contribution is 2.23. The van der Waals surface area contributed by atoms with Gasteiger partial charge in [-0.3, -0.25) is 0 Å². The largest absolute Gasteiger partial charge is 0.497 e. The summed E-state index contributed by atoms with van der Waals surface area (Å²) in [7, 11) is 1.61. The molecular weight excluding hydrogens is 498 g/mol. The predicted octanol–water partition coefficient (Wildman–Crippen LogP) is 5.77. The molecule has 194 valence electrons. The summed E-state index contributed by atoms with van der Waals surface area (Å²) in [6, 6.07) is 26.8. The van der Waals surface area contributed by atoms with Gasteiger partial charge in [-0.1, -0.05) is 30.3 Å². The Morgan fingerprint density at radius 3 is 2.23 bits per heavy atom. The zero-order valence-electron chi connectivity index (χ0n) is 20.7. The lowest BCUT2D eigenvalue weighted by Crippen LogP contribution is -2.07. The number of carboxylic acids is 1. The number of carboxylic acid groups (broad SMARTS) is 1. The highest BCUT2D eigenvalue weighted by molar-refractivity contribution is 5.89. The Hall–Kier alpha value is -5.71. The molecule has 0 aliphatic carbocycles. The summed E-state index contributed by atoms with van der Waals surface area (Å²) in [4.78, 5) is 24.5. The molecule has 0 aliphatic heterocycles. The molecule has 0 spiro atoms. The van der Waals surface area contributed by atoms with Gasteiger partial charge in [0, 0.05) is 16.9 Å². The molecule has 0 fully saturated rings. The number of hydrogen-bond acceptors (Lipinski definition) is 10. The fourth-order valence-corrected chi connectivity index (χ4v) is 3.53. The first-order valence-electron chi connectivity index (χ1n) is 11.8. The van der Waals surface area contributed by atoms with Crippen LogP contribution in [0.2, 0.25) is 0 Å². The number of rotatable bonds is 10. The van der Waals surface area contributed by atoms with Crippen LogP contribution < -0.4 is 20.8 Å². The van der Waals surface area contributed by atoms with Gasteiger partial charge >= 0.3 is 5.97 Å². The number of benzene rings is 3. The van der Waals surface area contributed by atoms with E-state index in [1.54, 1.807) is 37.4 Å². The Balaban J connectivity index is 1.34. The topological polar surface area (TPSA) is 147 Å². The lowest BCUT2D eigenvalue weighted by atomic mass is 10.1. The van der Waals surface area contributed by atoms with E-state index in [0.717, 1.165) is 17.1 Å². The van der Waals surface area contributed by atoms with Crippen LogP contribution in [-0.4, -0.2) is 39.4 Å². The molecule has 3 aromatic carbocycles. The third-order valence-corrected chi connectivity index (χ3v) is 5.39. The molecule has 0 bridgehead atoms. The van der Waals surface area contributed by atoms with E-state index in [4.69, 9.17) is 9.15 Å². The van der Waals surface area contributed by atoms with Crippen molar-refractivity contribution in [3.8, 4) is 17.1 Å². The average Bonchev–Trinajstić information content (AvgIpc) is 3.43. The molecule has 5 rings (SSSR count). The van der Waals surface area contributed by atoms with Crippen LogP contribution in [0.1, 0.15) is 16.1 Å². The van der Waals surface area contributed by atoms with E-state index >= 15 is 0 Å². The highest BCUT2D eigenvalue weighted by atomic mass is 16.5. The number of furan rings is 1. The summed E-state index contributed by atoms with van der Waals surface area (Å²) in [5.41, 5.74) is 5.20. The van der Waals surface area contributed by atoms with Crippen LogP contribution in [-0.2, 0) is 0 Å². The number of aromatic carboxylic acids is 1. The van der Waals surface area contributed by atoms with E-state index in [1.807, 2.05) is 54.6 Å². The van der Waals surface area contributed by atoms with Crippen molar-refractivity contribution in [1.29, 1.82) is 0 Å². The Morgan fingerprint density at radius 1 is 0.846 bits per heavy atom. The Kier molecular flexibility index (Phi) is 7.40. The van der Waals surface area contributed by atoms with Crippen LogP contribution >= 0.6 is 0 Å². The number of hydrazone groups is 1. The van der Waals surface area contributed by atoms with E-state index in [9.17, 15) is 9.90 Å². The second-order valence-electron chi connectivity index (χ2n) is 8.11. The molecular formula is C28H23N7O4. The van der Waals surface area contributed by atoms with Gasteiger partial charge in [-0.25, -0.2) is 10.2 Å². The molecule has 0 saturated carbocycles. The summed E-state index contributed by atoms with van der Waals surface area (Å²) >= 11 is 0. The first-order valence-corrected chi connectivity index (χ1v) is 11.8. The van der Waals surface area contributed by atoms with Crippen molar-refractivity contribution in [2.45, 2.75) is 0 Å². The highest BCUT2D eigenvalue weighted by Gasteiger charge is 2.10. The predicted molar refractivity (Wildman–Crippen MR) is 148 cm³/mol. The summed E-state index contributed by atoms with van der Waals surface area (Å²) in [5, 5.41) is 19.7. The molecule has 0 amide bonds. The Labute approximate surface area is 223 Å². The number of methoxy groups -OCH3 is 1. The zero-order chi connectivity index (χ0) is 27.0. The first kappa shape index (κ1) is 25.0. The SMILES string of the molecule is COc1ccc(Nc2nc(NN=Cc3ccc(-c4cccc(C(=O)O)c4)o3)nc(Nc3ccccc3)n2)cc1. The second kappa shape index (κ2) is 11.6. The number of aromatic nitrogens is 3. The molecule has 0 atom stereocenters. The summed E-state index contributed by atoms with van der Waals surface area (Å²) in [6.45, 7) is 0. The Morgan fingerprint density at radius 2 is 1.54 bits per heavy atom. The minimum absolute atomic E-state index is 0.176. The molecule has 0 radical (unpaired) electrons. The average molecular weight is 522 g/mol. The fraction of sp³-hybridized carbons (Fsp3) is 0.0357.